The van der Waals surface area contributed by atoms with Gasteiger partial charge in [0, 0.05) is 12.3 Å². The number of halogens is 1. The summed E-state index contributed by atoms with van der Waals surface area (Å²) in [7, 11) is 0. The van der Waals surface area contributed by atoms with Gasteiger partial charge in [-0.15, -0.1) is 0 Å². The average Bonchev–Trinajstić information content (AvgIpc) is 2.25. The van der Waals surface area contributed by atoms with Gasteiger partial charge in [0.15, 0.2) is 5.75 Å². The molecule has 0 aliphatic heterocycles. The molecule has 1 aromatic heterocycles. The first-order valence-electron chi connectivity index (χ1n) is 4.61. The monoisotopic (exact) mass is 219 g/mol. The first-order chi connectivity index (χ1) is 7.27. The molecule has 2 aromatic rings. The Bertz CT molecular complexity index is 436. The fraction of sp³-hybridized carbons (Fsp3) is 0.0833. The molecule has 0 unspecified atom stereocenters. The minimum atomic E-state index is 0.550. The molecule has 0 N–H and O–H groups in total. The van der Waals surface area contributed by atoms with Crippen LogP contribution in [0.2, 0.25) is 5.02 Å². The van der Waals surface area contributed by atoms with Gasteiger partial charge in [0.1, 0.15) is 0 Å². The molecule has 2 rings (SSSR count). The van der Waals surface area contributed by atoms with E-state index in [-0.39, 0.29) is 0 Å². The topological polar surface area (TPSA) is 22.1 Å². The number of hydrogen-bond acceptors (Lipinski definition) is 2. The summed E-state index contributed by atoms with van der Waals surface area (Å²) in [5.41, 5.74) is 0.994. The van der Waals surface area contributed by atoms with Gasteiger partial charge in [0.2, 0.25) is 5.88 Å². The molecule has 0 radical (unpaired) electrons. The summed E-state index contributed by atoms with van der Waals surface area (Å²) in [6.45, 7) is 1.95. The van der Waals surface area contributed by atoms with E-state index in [1.165, 1.54) is 0 Å². The van der Waals surface area contributed by atoms with Crippen LogP contribution in [0.15, 0.2) is 42.6 Å². The number of ether oxygens (including phenoxy) is 1. The minimum absolute atomic E-state index is 0.550. The number of rotatable bonds is 2. The molecule has 0 saturated heterocycles. The summed E-state index contributed by atoms with van der Waals surface area (Å²) in [5, 5.41) is 0.598. The van der Waals surface area contributed by atoms with Crippen LogP contribution < -0.4 is 4.74 Å². The SMILES string of the molecule is Cc1cccc(Cl)c1Oc1ccccn1. The third kappa shape index (κ3) is 2.28. The van der Waals surface area contributed by atoms with Gasteiger partial charge in [0.25, 0.3) is 0 Å². The van der Waals surface area contributed by atoms with Gasteiger partial charge in [-0.25, -0.2) is 4.98 Å². The zero-order chi connectivity index (χ0) is 10.7. The van der Waals surface area contributed by atoms with E-state index in [2.05, 4.69) is 4.98 Å². The van der Waals surface area contributed by atoms with E-state index in [1.54, 1.807) is 18.3 Å². The van der Waals surface area contributed by atoms with E-state index >= 15 is 0 Å². The zero-order valence-electron chi connectivity index (χ0n) is 8.27. The van der Waals surface area contributed by atoms with Crippen LogP contribution in [0, 0.1) is 6.92 Å². The Morgan fingerprint density at radius 2 is 2.00 bits per heavy atom. The highest BCUT2D eigenvalue weighted by atomic mass is 35.5. The molecule has 1 aromatic carbocycles. The Labute approximate surface area is 93.5 Å². The Kier molecular flexibility index (Phi) is 2.88. The Hall–Kier alpha value is -1.54. The normalized spacial score (nSPS) is 10.0. The van der Waals surface area contributed by atoms with Crippen molar-refractivity contribution in [2.24, 2.45) is 0 Å². The lowest BCUT2D eigenvalue weighted by Crippen LogP contribution is -1.90. The highest BCUT2D eigenvalue weighted by Gasteiger charge is 2.06. The Morgan fingerprint density at radius 3 is 2.67 bits per heavy atom. The van der Waals surface area contributed by atoms with Crippen LogP contribution in [0.25, 0.3) is 0 Å². The zero-order valence-corrected chi connectivity index (χ0v) is 9.03. The highest BCUT2D eigenvalue weighted by molar-refractivity contribution is 6.32. The van der Waals surface area contributed by atoms with Crippen LogP contribution in [0.4, 0.5) is 0 Å². The molecule has 0 spiro atoms. The van der Waals surface area contributed by atoms with Crippen LogP contribution in [0.3, 0.4) is 0 Å². The van der Waals surface area contributed by atoms with E-state index in [9.17, 15) is 0 Å². The van der Waals surface area contributed by atoms with Crippen molar-refractivity contribution < 1.29 is 4.74 Å². The first kappa shape index (κ1) is 9.99. The fourth-order valence-corrected chi connectivity index (χ4v) is 1.52. The second kappa shape index (κ2) is 4.32. The standard InChI is InChI=1S/C12H10ClNO/c1-9-5-4-6-10(13)12(9)15-11-7-2-3-8-14-11/h2-8H,1H3. The minimum Gasteiger partial charge on any atom is -0.437 e. The molecular formula is C12H10ClNO. The number of benzene rings is 1. The maximum Gasteiger partial charge on any atom is 0.219 e. The predicted octanol–water partition coefficient (Wildman–Crippen LogP) is 3.84. The molecule has 76 valence electrons. The van der Waals surface area contributed by atoms with E-state index in [0.717, 1.165) is 5.56 Å². The molecule has 1 heterocycles. The molecule has 15 heavy (non-hydrogen) atoms. The van der Waals surface area contributed by atoms with Crippen molar-refractivity contribution in [1.82, 2.24) is 4.98 Å². The van der Waals surface area contributed by atoms with Crippen molar-refractivity contribution >= 4 is 11.6 Å². The third-order valence-electron chi connectivity index (χ3n) is 2.01. The number of nitrogens with zero attached hydrogens (tertiary/aromatic N) is 1. The summed E-state index contributed by atoms with van der Waals surface area (Å²) in [5.74, 6) is 1.21. The van der Waals surface area contributed by atoms with Crippen LogP contribution in [-0.2, 0) is 0 Å². The summed E-state index contributed by atoms with van der Waals surface area (Å²) in [6.07, 6.45) is 1.68. The lowest BCUT2D eigenvalue weighted by Gasteiger charge is -2.08. The molecular weight excluding hydrogens is 210 g/mol. The third-order valence-corrected chi connectivity index (χ3v) is 2.31. The van der Waals surface area contributed by atoms with Gasteiger partial charge >= 0.3 is 0 Å². The molecule has 0 aliphatic rings. The molecule has 0 aliphatic carbocycles. The smallest absolute Gasteiger partial charge is 0.219 e. The summed E-state index contributed by atoms with van der Waals surface area (Å²) < 4.78 is 5.60. The molecule has 0 amide bonds. The number of pyridine rings is 1. The van der Waals surface area contributed by atoms with E-state index in [4.69, 9.17) is 16.3 Å². The molecule has 2 nitrogen and oxygen atoms in total. The van der Waals surface area contributed by atoms with Crippen LogP contribution >= 0.6 is 11.6 Å². The molecule has 0 saturated carbocycles. The van der Waals surface area contributed by atoms with Crippen molar-refractivity contribution in [1.29, 1.82) is 0 Å². The van der Waals surface area contributed by atoms with Crippen molar-refractivity contribution in [3.63, 3.8) is 0 Å². The maximum absolute atomic E-state index is 6.03. The predicted molar refractivity (Wildman–Crippen MR) is 60.5 cm³/mol. The van der Waals surface area contributed by atoms with Crippen LogP contribution in [-0.4, -0.2) is 4.98 Å². The maximum atomic E-state index is 6.03. The lowest BCUT2D eigenvalue weighted by atomic mass is 10.2. The summed E-state index contributed by atoms with van der Waals surface area (Å²) in [4.78, 5) is 4.08. The van der Waals surface area contributed by atoms with E-state index in [1.807, 2.05) is 31.2 Å². The van der Waals surface area contributed by atoms with Gasteiger partial charge in [-0.2, -0.15) is 0 Å². The van der Waals surface area contributed by atoms with Crippen molar-refractivity contribution in [3.8, 4) is 11.6 Å². The second-order valence-electron chi connectivity index (χ2n) is 3.16. The van der Waals surface area contributed by atoms with Crippen molar-refractivity contribution in [2.75, 3.05) is 0 Å². The number of hydrogen-bond donors (Lipinski definition) is 0. The van der Waals surface area contributed by atoms with Crippen LogP contribution in [0.1, 0.15) is 5.56 Å². The largest absolute Gasteiger partial charge is 0.437 e. The van der Waals surface area contributed by atoms with Gasteiger partial charge < -0.3 is 4.74 Å². The van der Waals surface area contributed by atoms with E-state index < -0.39 is 0 Å². The lowest BCUT2D eigenvalue weighted by molar-refractivity contribution is 0.460. The van der Waals surface area contributed by atoms with Gasteiger partial charge in [0.05, 0.1) is 5.02 Å². The number of aromatic nitrogens is 1. The average molecular weight is 220 g/mol. The summed E-state index contributed by atoms with van der Waals surface area (Å²) in [6, 6.07) is 11.1. The van der Waals surface area contributed by atoms with Crippen molar-refractivity contribution in [3.05, 3.63) is 53.2 Å². The van der Waals surface area contributed by atoms with Gasteiger partial charge in [-0.3, -0.25) is 0 Å². The molecule has 0 bridgehead atoms. The molecule has 0 fully saturated rings. The number of aryl methyl sites for hydroxylation is 1. The number of para-hydroxylation sites is 1. The Morgan fingerprint density at radius 1 is 1.13 bits per heavy atom. The summed E-state index contributed by atoms with van der Waals surface area (Å²) >= 11 is 6.03. The van der Waals surface area contributed by atoms with Gasteiger partial charge in [-0.05, 0) is 24.6 Å². The van der Waals surface area contributed by atoms with Crippen LogP contribution in [0.5, 0.6) is 11.6 Å². The van der Waals surface area contributed by atoms with Crippen molar-refractivity contribution in [2.45, 2.75) is 6.92 Å². The van der Waals surface area contributed by atoms with Gasteiger partial charge in [-0.1, -0.05) is 29.8 Å². The van der Waals surface area contributed by atoms with E-state index in [0.29, 0.717) is 16.7 Å². The Balaban J connectivity index is 2.32. The quantitative estimate of drug-likeness (QED) is 0.766. The molecule has 0 atom stereocenters. The second-order valence-corrected chi connectivity index (χ2v) is 3.56. The molecule has 3 heteroatoms. The highest BCUT2D eigenvalue weighted by Crippen LogP contribution is 2.31. The fourth-order valence-electron chi connectivity index (χ4n) is 1.26. The first-order valence-corrected chi connectivity index (χ1v) is 4.99.